The highest BCUT2D eigenvalue weighted by molar-refractivity contribution is 6.06. The molecule has 0 spiro atoms. The van der Waals surface area contributed by atoms with E-state index < -0.39 is 5.91 Å². The fraction of sp³-hybridized carbons (Fsp3) is 0.643. The molecule has 1 saturated heterocycles. The number of amides is 3. The smallest absolute Gasteiger partial charge is 0.277 e. The van der Waals surface area contributed by atoms with Gasteiger partial charge in [0, 0.05) is 19.1 Å². The van der Waals surface area contributed by atoms with Crippen molar-refractivity contribution in [2.24, 2.45) is 5.92 Å². The Morgan fingerprint density at radius 2 is 2.17 bits per heavy atom. The van der Waals surface area contributed by atoms with Crippen LogP contribution >= 0.6 is 0 Å². The van der Waals surface area contributed by atoms with E-state index in [1.807, 2.05) is 0 Å². The minimum atomic E-state index is -0.432. The molecule has 0 unspecified atom stereocenters. The Morgan fingerprint density at radius 1 is 1.39 bits per heavy atom. The lowest BCUT2D eigenvalue weighted by atomic mass is 10.0. The van der Waals surface area contributed by atoms with Gasteiger partial charge < -0.3 is 15.5 Å². The molecule has 0 aliphatic carbocycles. The van der Waals surface area contributed by atoms with Gasteiger partial charge in [-0.2, -0.15) is 0 Å². The number of rotatable bonds is 3. The summed E-state index contributed by atoms with van der Waals surface area (Å²) in [5.41, 5.74) is 0.196. The van der Waals surface area contributed by atoms with Crippen molar-refractivity contribution >= 4 is 17.7 Å². The maximum atomic E-state index is 12.5. The van der Waals surface area contributed by atoms with Crippen molar-refractivity contribution in [2.75, 3.05) is 19.6 Å². The Balaban J connectivity index is 1.81. The summed E-state index contributed by atoms with van der Waals surface area (Å²) in [4.78, 5) is 37.7. The van der Waals surface area contributed by atoms with Gasteiger partial charge in [0.2, 0.25) is 5.91 Å². The molecule has 9 nitrogen and oxygen atoms in total. The molecule has 3 heterocycles. The predicted octanol–water partition coefficient (Wildman–Crippen LogP) is -0.992. The Hall–Kier alpha value is -2.45. The number of carbonyl (C=O) groups excluding carboxylic acids is 3. The van der Waals surface area contributed by atoms with Gasteiger partial charge in [-0.15, -0.1) is 5.10 Å². The predicted molar refractivity (Wildman–Crippen MR) is 79.6 cm³/mol. The average Bonchev–Trinajstić information content (AvgIpc) is 2.90. The van der Waals surface area contributed by atoms with Crippen molar-refractivity contribution in [2.45, 2.75) is 32.9 Å². The fourth-order valence-electron chi connectivity index (χ4n) is 2.98. The van der Waals surface area contributed by atoms with E-state index in [0.717, 1.165) is 6.42 Å². The van der Waals surface area contributed by atoms with E-state index in [1.54, 1.807) is 0 Å². The van der Waals surface area contributed by atoms with Gasteiger partial charge in [-0.05, 0) is 12.3 Å². The van der Waals surface area contributed by atoms with E-state index in [-0.39, 0.29) is 35.8 Å². The standard InChI is InChI=1S/C14H20N6O3/c1-8(2)5-9-6-20-12(13(22)16-9)11(17-18-20)14(23)19-4-3-15-10(21)7-19/h8-9H,3-7H2,1-2H3,(H,15,21)(H,16,22)/t9-/m0/s1. The molecule has 124 valence electrons. The summed E-state index contributed by atoms with van der Waals surface area (Å²) in [5.74, 6) is -0.541. The molecule has 0 bridgehead atoms. The van der Waals surface area contributed by atoms with Crippen LogP contribution in [0.5, 0.6) is 0 Å². The quantitative estimate of drug-likeness (QED) is 0.743. The number of hydrogen-bond acceptors (Lipinski definition) is 5. The number of nitrogens with one attached hydrogen (secondary N) is 2. The Bertz CT molecular complexity index is 653. The molecule has 3 amide bonds. The van der Waals surface area contributed by atoms with Crippen LogP contribution in [0.15, 0.2) is 0 Å². The summed E-state index contributed by atoms with van der Waals surface area (Å²) in [7, 11) is 0. The second kappa shape index (κ2) is 5.98. The lowest BCUT2D eigenvalue weighted by Crippen LogP contribution is -2.51. The van der Waals surface area contributed by atoms with Crippen molar-refractivity contribution in [3.63, 3.8) is 0 Å². The summed E-state index contributed by atoms with van der Waals surface area (Å²) >= 11 is 0. The number of piperazine rings is 1. The molecule has 23 heavy (non-hydrogen) atoms. The number of fused-ring (bicyclic) bond motifs is 1. The van der Waals surface area contributed by atoms with Crippen molar-refractivity contribution in [1.29, 1.82) is 0 Å². The molecular formula is C14H20N6O3. The third-order valence-corrected chi connectivity index (χ3v) is 3.96. The molecule has 1 fully saturated rings. The first kappa shape index (κ1) is 15.4. The lowest BCUT2D eigenvalue weighted by Gasteiger charge is -2.27. The average molecular weight is 320 g/mol. The maximum absolute atomic E-state index is 12.5. The molecule has 2 aliphatic rings. The number of hydrogen-bond donors (Lipinski definition) is 2. The zero-order chi connectivity index (χ0) is 16.6. The highest BCUT2D eigenvalue weighted by Gasteiger charge is 2.34. The topological polar surface area (TPSA) is 109 Å². The van der Waals surface area contributed by atoms with Crippen molar-refractivity contribution in [3.8, 4) is 0 Å². The van der Waals surface area contributed by atoms with Gasteiger partial charge >= 0.3 is 0 Å². The van der Waals surface area contributed by atoms with Crippen LogP contribution in [0.2, 0.25) is 0 Å². The van der Waals surface area contributed by atoms with E-state index in [4.69, 9.17) is 0 Å². The van der Waals surface area contributed by atoms with Crippen LogP contribution in [0.3, 0.4) is 0 Å². The second-order valence-corrected chi connectivity index (χ2v) is 6.35. The Morgan fingerprint density at radius 3 is 2.87 bits per heavy atom. The Labute approximate surface area is 133 Å². The molecule has 1 atom stereocenters. The molecule has 9 heteroatoms. The molecule has 2 N–H and O–H groups in total. The third kappa shape index (κ3) is 3.03. The highest BCUT2D eigenvalue weighted by atomic mass is 16.2. The first-order chi connectivity index (χ1) is 11.0. The minimum Gasteiger partial charge on any atom is -0.353 e. The SMILES string of the molecule is CC(C)C[C@H]1Cn2nnc(C(=O)N3CCNC(=O)C3)c2C(=O)N1. The van der Waals surface area contributed by atoms with Crippen LogP contribution in [-0.4, -0.2) is 63.3 Å². The molecule has 3 rings (SSSR count). The van der Waals surface area contributed by atoms with Crippen LogP contribution in [0.1, 0.15) is 41.2 Å². The van der Waals surface area contributed by atoms with Gasteiger partial charge in [-0.3, -0.25) is 14.4 Å². The molecule has 0 saturated carbocycles. The first-order valence-electron chi connectivity index (χ1n) is 7.76. The zero-order valence-corrected chi connectivity index (χ0v) is 13.2. The minimum absolute atomic E-state index is 0.0135. The van der Waals surface area contributed by atoms with E-state index in [2.05, 4.69) is 34.8 Å². The lowest BCUT2D eigenvalue weighted by molar-refractivity contribution is -0.123. The van der Waals surface area contributed by atoms with Gasteiger partial charge in [0.25, 0.3) is 11.8 Å². The molecule has 1 aromatic rings. The molecule has 0 aromatic carbocycles. The zero-order valence-electron chi connectivity index (χ0n) is 13.2. The largest absolute Gasteiger partial charge is 0.353 e. The van der Waals surface area contributed by atoms with Gasteiger partial charge in [0.15, 0.2) is 11.4 Å². The number of nitrogens with zero attached hydrogens (tertiary/aromatic N) is 4. The van der Waals surface area contributed by atoms with Crippen LogP contribution in [0.25, 0.3) is 0 Å². The maximum Gasteiger partial charge on any atom is 0.277 e. The van der Waals surface area contributed by atoms with Gasteiger partial charge in [-0.1, -0.05) is 19.1 Å². The van der Waals surface area contributed by atoms with E-state index in [1.165, 1.54) is 9.58 Å². The van der Waals surface area contributed by atoms with Crippen LogP contribution < -0.4 is 10.6 Å². The van der Waals surface area contributed by atoms with E-state index >= 15 is 0 Å². The fourth-order valence-corrected chi connectivity index (χ4v) is 2.98. The van der Waals surface area contributed by atoms with E-state index in [9.17, 15) is 14.4 Å². The summed E-state index contributed by atoms with van der Waals surface area (Å²) < 4.78 is 1.49. The second-order valence-electron chi connectivity index (χ2n) is 6.35. The first-order valence-corrected chi connectivity index (χ1v) is 7.76. The summed E-state index contributed by atoms with van der Waals surface area (Å²) in [6, 6.07) is -0.0135. The summed E-state index contributed by atoms with van der Waals surface area (Å²) in [6.45, 7) is 5.44. The molecule has 2 aliphatic heterocycles. The van der Waals surface area contributed by atoms with Crippen molar-refractivity contribution < 1.29 is 14.4 Å². The molecular weight excluding hydrogens is 300 g/mol. The van der Waals surface area contributed by atoms with Crippen LogP contribution in [0, 0.1) is 5.92 Å². The van der Waals surface area contributed by atoms with Gasteiger partial charge in [0.05, 0.1) is 13.1 Å². The third-order valence-electron chi connectivity index (χ3n) is 3.96. The summed E-state index contributed by atoms with van der Waals surface area (Å²) in [6.07, 6.45) is 0.834. The van der Waals surface area contributed by atoms with Crippen molar-refractivity contribution in [1.82, 2.24) is 30.5 Å². The molecule has 1 aromatic heterocycles. The van der Waals surface area contributed by atoms with Crippen LogP contribution in [0.4, 0.5) is 0 Å². The normalized spacial score (nSPS) is 21.0. The highest BCUT2D eigenvalue weighted by Crippen LogP contribution is 2.17. The number of aromatic nitrogens is 3. The number of carbonyl (C=O) groups is 3. The summed E-state index contributed by atoms with van der Waals surface area (Å²) in [5, 5.41) is 13.4. The van der Waals surface area contributed by atoms with Gasteiger partial charge in [0.1, 0.15) is 0 Å². The molecule has 0 radical (unpaired) electrons. The van der Waals surface area contributed by atoms with E-state index in [0.29, 0.717) is 25.6 Å². The monoisotopic (exact) mass is 320 g/mol. The van der Waals surface area contributed by atoms with Gasteiger partial charge in [-0.25, -0.2) is 4.68 Å². The van der Waals surface area contributed by atoms with Crippen molar-refractivity contribution in [3.05, 3.63) is 11.4 Å². The Kier molecular flexibility index (Phi) is 4.01. The van der Waals surface area contributed by atoms with Crippen LogP contribution in [-0.2, 0) is 11.3 Å².